The Morgan fingerprint density at radius 2 is 1.21 bits per heavy atom. The van der Waals surface area contributed by atoms with Crippen LogP contribution in [-0.4, -0.2) is 51.8 Å². The van der Waals surface area contributed by atoms with Crippen LogP contribution in [0, 0.1) is 0 Å². The molecule has 186 valence electrons. The number of hydrogen-bond acceptors (Lipinski definition) is 6. The van der Waals surface area contributed by atoms with Crippen molar-refractivity contribution in [3.8, 4) is 5.75 Å². The molecule has 33 heavy (non-hydrogen) atoms. The van der Waals surface area contributed by atoms with E-state index in [4.69, 9.17) is 14.2 Å². The van der Waals surface area contributed by atoms with Crippen LogP contribution in [0.4, 0.5) is 0 Å². The van der Waals surface area contributed by atoms with E-state index in [0.29, 0.717) is 26.4 Å². The van der Waals surface area contributed by atoms with Crippen molar-refractivity contribution in [1.82, 2.24) is 0 Å². The predicted octanol–water partition coefficient (Wildman–Crippen LogP) is 2.50. The second kappa shape index (κ2) is 22.3. The first kappa shape index (κ1) is 32.8. The van der Waals surface area contributed by atoms with E-state index in [9.17, 15) is 13.0 Å². The molecule has 0 aliphatic rings. The van der Waals surface area contributed by atoms with E-state index in [1.807, 2.05) is 12.1 Å². The summed E-state index contributed by atoms with van der Waals surface area (Å²) >= 11 is 0. The zero-order valence-electron chi connectivity index (χ0n) is 20.9. The van der Waals surface area contributed by atoms with Crippen LogP contribution < -0.4 is 34.3 Å². The van der Waals surface area contributed by atoms with Crippen molar-refractivity contribution in [1.29, 1.82) is 0 Å². The first-order valence-electron chi connectivity index (χ1n) is 12.3. The molecular weight excluding hydrogens is 451 g/mol. The summed E-state index contributed by atoms with van der Waals surface area (Å²) in [7, 11) is -4.15. The van der Waals surface area contributed by atoms with Gasteiger partial charge in [0.1, 0.15) is 12.4 Å². The maximum Gasteiger partial charge on any atom is 1.00 e. The Hall–Kier alpha value is -0.150. The SMILES string of the molecule is CCCCCCCCCCCCc1ccc(OCCOCCOCCCS(=O)(=O)[O-])cc1.[Na+]. The molecule has 0 fully saturated rings. The monoisotopic (exact) mass is 494 g/mol. The summed E-state index contributed by atoms with van der Waals surface area (Å²) in [6, 6.07) is 8.30. The van der Waals surface area contributed by atoms with Crippen LogP contribution in [0.25, 0.3) is 0 Å². The van der Waals surface area contributed by atoms with Crippen LogP contribution in [0.1, 0.15) is 83.1 Å². The van der Waals surface area contributed by atoms with Gasteiger partial charge in [-0.05, 0) is 37.0 Å². The minimum atomic E-state index is -4.15. The summed E-state index contributed by atoms with van der Waals surface area (Å²) in [5.74, 6) is 0.454. The maximum atomic E-state index is 10.4. The summed E-state index contributed by atoms with van der Waals surface area (Å²) in [6.45, 7) is 4.20. The Labute approximate surface area is 224 Å². The minimum absolute atomic E-state index is 0. The summed E-state index contributed by atoms with van der Waals surface area (Å²) < 4.78 is 47.7. The number of unbranched alkanes of at least 4 members (excludes halogenated alkanes) is 9. The second-order valence-corrected chi connectivity index (χ2v) is 9.79. The van der Waals surface area contributed by atoms with Crippen molar-refractivity contribution < 1.29 is 56.7 Å². The van der Waals surface area contributed by atoms with Crippen LogP contribution in [0.5, 0.6) is 5.75 Å². The smallest absolute Gasteiger partial charge is 0.748 e. The average Bonchev–Trinajstić information content (AvgIpc) is 2.76. The minimum Gasteiger partial charge on any atom is -0.748 e. The molecule has 0 unspecified atom stereocenters. The van der Waals surface area contributed by atoms with E-state index in [-0.39, 0.29) is 48.3 Å². The van der Waals surface area contributed by atoms with E-state index in [2.05, 4.69) is 19.1 Å². The van der Waals surface area contributed by atoms with Gasteiger partial charge in [0.2, 0.25) is 0 Å². The van der Waals surface area contributed by atoms with Crippen LogP contribution >= 0.6 is 0 Å². The Kier molecular flexibility index (Phi) is 22.2. The van der Waals surface area contributed by atoms with Crippen molar-refractivity contribution in [3.63, 3.8) is 0 Å². The standard InChI is InChI=1S/C25H44O6S.Na/c1-2-3-4-5-6-7-8-9-10-11-13-24-14-16-25(17-15-24)31-22-21-30-20-19-29-18-12-23-32(26,27)28;/h14-17H,2-13,18-23H2,1H3,(H,26,27,28);/q;+1/p-1. The third kappa shape index (κ3) is 22.1. The fraction of sp³-hybridized carbons (Fsp3) is 0.760. The molecule has 0 saturated heterocycles. The van der Waals surface area contributed by atoms with E-state index >= 15 is 0 Å². The van der Waals surface area contributed by atoms with Gasteiger partial charge in [-0.1, -0.05) is 76.8 Å². The molecule has 0 aromatic heterocycles. The maximum absolute atomic E-state index is 10.4. The fourth-order valence-electron chi connectivity index (χ4n) is 3.45. The fourth-order valence-corrected chi connectivity index (χ4v) is 3.92. The van der Waals surface area contributed by atoms with Gasteiger partial charge in [-0.3, -0.25) is 0 Å². The Balaban J connectivity index is 0.0000102. The zero-order valence-corrected chi connectivity index (χ0v) is 23.7. The molecule has 0 heterocycles. The van der Waals surface area contributed by atoms with E-state index < -0.39 is 10.1 Å². The van der Waals surface area contributed by atoms with Crippen LogP contribution in [0.3, 0.4) is 0 Å². The molecule has 0 N–H and O–H groups in total. The van der Waals surface area contributed by atoms with Crippen LogP contribution in [0.2, 0.25) is 0 Å². The van der Waals surface area contributed by atoms with E-state index in [1.54, 1.807) is 0 Å². The first-order chi connectivity index (χ1) is 15.5. The third-order valence-electron chi connectivity index (χ3n) is 5.29. The molecule has 1 aromatic carbocycles. The molecule has 1 aromatic rings. The van der Waals surface area contributed by atoms with Gasteiger partial charge in [0.15, 0.2) is 0 Å². The molecule has 0 aliphatic heterocycles. The Morgan fingerprint density at radius 1 is 0.697 bits per heavy atom. The summed E-state index contributed by atoms with van der Waals surface area (Å²) in [4.78, 5) is 0. The number of hydrogen-bond donors (Lipinski definition) is 0. The molecule has 0 aliphatic carbocycles. The second-order valence-electron chi connectivity index (χ2n) is 8.26. The molecular formula is C25H43NaO6S. The van der Waals surface area contributed by atoms with E-state index in [1.165, 1.54) is 69.8 Å². The van der Waals surface area contributed by atoms with Gasteiger partial charge in [0.25, 0.3) is 0 Å². The summed E-state index contributed by atoms with van der Waals surface area (Å²) in [6.07, 6.45) is 14.9. The molecule has 6 nitrogen and oxygen atoms in total. The number of aryl methyl sites for hydroxylation is 1. The quantitative estimate of drug-likeness (QED) is 0.140. The number of rotatable bonds is 22. The largest absolute Gasteiger partial charge is 1.00 e. The first-order valence-corrected chi connectivity index (χ1v) is 13.9. The number of benzene rings is 1. The summed E-state index contributed by atoms with van der Waals surface area (Å²) in [5, 5.41) is 0. The van der Waals surface area contributed by atoms with Crippen LogP contribution in [-0.2, 0) is 26.0 Å². The van der Waals surface area contributed by atoms with Crippen LogP contribution in [0.15, 0.2) is 24.3 Å². The Bertz CT molecular complexity index is 651. The molecule has 0 amide bonds. The van der Waals surface area contributed by atoms with Crippen molar-refractivity contribution >= 4 is 10.1 Å². The molecule has 0 atom stereocenters. The molecule has 0 bridgehead atoms. The van der Waals surface area contributed by atoms with Crippen molar-refractivity contribution in [2.75, 3.05) is 38.8 Å². The van der Waals surface area contributed by atoms with Crippen molar-refractivity contribution in [2.45, 2.75) is 84.0 Å². The van der Waals surface area contributed by atoms with Crippen molar-refractivity contribution in [2.24, 2.45) is 0 Å². The Morgan fingerprint density at radius 3 is 1.79 bits per heavy atom. The van der Waals surface area contributed by atoms with Gasteiger partial charge in [-0.25, -0.2) is 8.42 Å². The van der Waals surface area contributed by atoms with Gasteiger partial charge < -0.3 is 18.8 Å². The predicted molar refractivity (Wildman–Crippen MR) is 128 cm³/mol. The van der Waals surface area contributed by atoms with Gasteiger partial charge in [0.05, 0.1) is 29.9 Å². The van der Waals surface area contributed by atoms with Gasteiger partial charge >= 0.3 is 29.6 Å². The van der Waals surface area contributed by atoms with Gasteiger partial charge in [0, 0.05) is 12.4 Å². The van der Waals surface area contributed by atoms with Gasteiger partial charge in [-0.2, -0.15) is 0 Å². The van der Waals surface area contributed by atoms with E-state index in [0.717, 1.165) is 12.2 Å². The third-order valence-corrected chi connectivity index (χ3v) is 6.08. The zero-order chi connectivity index (χ0) is 23.3. The van der Waals surface area contributed by atoms with Crippen molar-refractivity contribution in [3.05, 3.63) is 29.8 Å². The molecule has 8 heteroatoms. The number of ether oxygens (including phenoxy) is 3. The average molecular weight is 495 g/mol. The molecule has 0 spiro atoms. The van der Waals surface area contributed by atoms with Gasteiger partial charge in [-0.15, -0.1) is 0 Å². The summed E-state index contributed by atoms with van der Waals surface area (Å²) in [5.41, 5.74) is 1.36. The topological polar surface area (TPSA) is 84.9 Å². The molecule has 1 rings (SSSR count). The molecule has 0 saturated carbocycles. The normalized spacial score (nSPS) is 11.3. The molecule has 0 radical (unpaired) electrons.